The van der Waals surface area contributed by atoms with Crippen LogP contribution in [0.15, 0.2) is 28.7 Å². The second-order valence-corrected chi connectivity index (χ2v) is 4.68. The maximum absolute atomic E-state index is 11.3. The minimum Gasteiger partial charge on any atom is -0.492 e. The van der Waals surface area contributed by atoms with Gasteiger partial charge in [0.2, 0.25) is 5.91 Å². The van der Waals surface area contributed by atoms with Crippen LogP contribution in [0.3, 0.4) is 0 Å². The zero-order chi connectivity index (χ0) is 12.5. The van der Waals surface area contributed by atoms with Crippen molar-refractivity contribution >= 4 is 21.8 Å². The van der Waals surface area contributed by atoms with Crippen LogP contribution in [0, 0.1) is 0 Å². The zero-order valence-corrected chi connectivity index (χ0v) is 11.6. The summed E-state index contributed by atoms with van der Waals surface area (Å²) < 4.78 is 6.48. The number of rotatable bonds is 7. The topological polar surface area (TPSA) is 38.3 Å². The number of carbonyl (C=O) groups is 1. The van der Waals surface area contributed by atoms with E-state index in [1.807, 2.05) is 24.3 Å². The minimum atomic E-state index is 0.102. The first-order valence-electron chi connectivity index (χ1n) is 5.87. The number of benzene rings is 1. The van der Waals surface area contributed by atoms with E-state index in [0.717, 1.165) is 23.1 Å². The second-order valence-electron chi connectivity index (χ2n) is 3.76. The Labute approximate surface area is 111 Å². The molecule has 0 unspecified atom stereocenters. The predicted octanol–water partition coefficient (Wildman–Crippen LogP) is 3.13. The summed E-state index contributed by atoms with van der Waals surface area (Å²) in [5.41, 5.74) is 0. The molecule has 3 nitrogen and oxygen atoms in total. The fraction of sp³-hybridized carbons (Fsp3) is 0.462. The van der Waals surface area contributed by atoms with E-state index in [1.54, 1.807) is 0 Å². The van der Waals surface area contributed by atoms with Crippen LogP contribution in [0.5, 0.6) is 5.75 Å². The summed E-state index contributed by atoms with van der Waals surface area (Å²) in [6.07, 6.45) is 2.59. The molecule has 0 heterocycles. The molecule has 0 aliphatic rings. The molecule has 1 rings (SSSR count). The highest BCUT2D eigenvalue weighted by Gasteiger charge is 1.99. The molecule has 94 valence electrons. The maximum atomic E-state index is 11.3. The fourth-order valence-electron chi connectivity index (χ4n) is 1.34. The number of hydrogen-bond donors (Lipinski definition) is 1. The van der Waals surface area contributed by atoms with Gasteiger partial charge >= 0.3 is 0 Å². The Balaban J connectivity index is 2.14. The van der Waals surface area contributed by atoms with Gasteiger partial charge in [0.1, 0.15) is 12.4 Å². The van der Waals surface area contributed by atoms with Crippen LogP contribution in [0.25, 0.3) is 0 Å². The quantitative estimate of drug-likeness (QED) is 0.786. The number of carbonyl (C=O) groups excluding carboxylic acids is 1. The maximum Gasteiger partial charge on any atom is 0.220 e. The van der Waals surface area contributed by atoms with Crippen molar-refractivity contribution in [1.29, 1.82) is 0 Å². The molecule has 0 saturated heterocycles. The Morgan fingerprint density at radius 3 is 3.00 bits per heavy atom. The zero-order valence-electron chi connectivity index (χ0n) is 10.0. The molecule has 1 aromatic carbocycles. The first-order chi connectivity index (χ1) is 8.22. The van der Waals surface area contributed by atoms with Gasteiger partial charge in [-0.1, -0.05) is 35.3 Å². The van der Waals surface area contributed by atoms with Crippen LogP contribution in [-0.4, -0.2) is 19.1 Å². The minimum absolute atomic E-state index is 0.102. The van der Waals surface area contributed by atoms with Gasteiger partial charge in [-0.2, -0.15) is 0 Å². The Bertz CT molecular complexity index is 355. The Kier molecular flexibility index (Phi) is 6.70. The Morgan fingerprint density at radius 1 is 1.47 bits per heavy atom. The monoisotopic (exact) mass is 299 g/mol. The Hall–Kier alpha value is -1.03. The van der Waals surface area contributed by atoms with E-state index in [1.165, 1.54) is 0 Å². The van der Waals surface area contributed by atoms with Crippen molar-refractivity contribution in [2.45, 2.75) is 26.2 Å². The SMILES string of the molecule is CCCCC(=O)NCCOc1cccc(Br)c1. The molecule has 1 aromatic rings. The molecule has 4 heteroatoms. The van der Waals surface area contributed by atoms with E-state index in [9.17, 15) is 4.79 Å². The number of hydrogen-bond acceptors (Lipinski definition) is 2. The lowest BCUT2D eigenvalue weighted by molar-refractivity contribution is -0.121. The third-order valence-electron chi connectivity index (χ3n) is 2.25. The molecule has 17 heavy (non-hydrogen) atoms. The van der Waals surface area contributed by atoms with Gasteiger partial charge in [-0.15, -0.1) is 0 Å². The van der Waals surface area contributed by atoms with E-state index in [2.05, 4.69) is 28.2 Å². The lowest BCUT2D eigenvalue weighted by Crippen LogP contribution is -2.27. The third kappa shape index (κ3) is 6.31. The van der Waals surface area contributed by atoms with Crippen molar-refractivity contribution in [3.05, 3.63) is 28.7 Å². The molecule has 0 aliphatic carbocycles. The summed E-state index contributed by atoms with van der Waals surface area (Å²) in [6, 6.07) is 7.65. The highest BCUT2D eigenvalue weighted by atomic mass is 79.9. The standard InChI is InChI=1S/C13H18BrNO2/c1-2-3-7-13(16)15-8-9-17-12-6-4-5-11(14)10-12/h4-6,10H,2-3,7-9H2,1H3,(H,15,16). The Morgan fingerprint density at radius 2 is 2.29 bits per heavy atom. The van der Waals surface area contributed by atoms with Gasteiger partial charge in [0.15, 0.2) is 0 Å². The summed E-state index contributed by atoms with van der Waals surface area (Å²) in [4.78, 5) is 11.3. The lowest BCUT2D eigenvalue weighted by Gasteiger charge is -2.07. The van der Waals surface area contributed by atoms with Gasteiger partial charge in [-0.3, -0.25) is 4.79 Å². The highest BCUT2D eigenvalue weighted by Crippen LogP contribution is 2.17. The van der Waals surface area contributed by atoms with Crippen LogP contribution in [0.4, 0.5) is 0 Å². The largest absolute Gasteiger partial charge is 0.492 e. The molecule has 0 saturated carbocycles. The number of unbranched alkanes of at least 4 members (excludes halogenated alkanes) is 1. The summed E-state index contributed by atoms with van der Waals surface area (Å²) in [5, 5.41) is 2.83. The molecule has 1 amide bonds. The van der Waals surface area contributed by atoms with Crippen molar-refractivity contribution in [1.82, 2.24) is 5.32 Å². The highest BCUT2D eigenvalue weighted by molar-refractivity contribution is 9.10. The van der Waals surface area contributed by atoms with Crippen molar-refractivity contribution in [2.24, 2.45) is 0 Å². The number of amides is 1. The predicted molar refractivity (Wildman–Crippen MR) is 72.2 cm³/mol. The van der Waals surface area contributed by atoms with Crippen LogP contribution >= 0.6 is 15.9 Å². The van der Waals surface area contributed by atoms with Gasteiger partial charge in [0, 0.05) is 10.9 Å². The lowest BCUT2D eigenvalue weighted by atomic mass is 10.2. The van der Waals surface area contributed by atoms with Gasteiger partial charge in [-0.25, -0.2) is 0 Å². The van der Waals surface area contributed by atoms with Crippen LogP contribution in [0.2, 0.25) is 0 Å². The average molecular weight is 300 g/mol. The number of halogens is 1. The van der Waals surface area contributed by atoms with Gasteiger partial charge in [-0.05, 0) is 24.6 Å². The molecular weight excluding hydrogens is 282 g/mol. The molecule has 0 aromatic heterocycles. The molecule has 0 bridgehead atoms. The number of ether oxygens (including phenoxy) is 1. The molecule has 1 N–H and O–H groups in total. The average Bonchev–Trinajstić information content (AvgIpc) is 2.32. The molecule has 0 spiro atoms. The smallest absolute Gasteiger partial charge is 0.220 e. The van der Waals surface area contributed by atoms with E-state index in [-0.39, 0.29) is 5.91 Å². The van der Waals surface area contributed by atoms with E-state index >= 15 is 0 Å². The first-order valence-corrected chi connectivity index (χ1v) is 6.66. The van der Waals surface area contributed by atoms with E-state index in [4.69, 9.17) is 4.74 Å². The normalized spacial score (nSPS) is 10.0. The summed E-state index contributed by atoms with van der Waals surface area (Å²) >= 11 is 3.37. The first kappa shape index (κ1) is 14.0. The summed E-state index contributed by atoms with van der Waals surface area (Å²) in [6.45, 7) is 3.12. The van der Waals surface area contributed by atoms with Gasteiger partial charge in [0.05, 0.1) is 6.54 Å². The third-order valence-corrected chi connectivity index (χ3v) is 2.74. The van der Waals surface area contributed by atoms with E-state index in [0.29, 0.717) is 19.6 Å². The van der Waals surface area contributed by atoms with Gasteiger partial charge < -0.3 is 10.1 Å². The molecule has 0 aliphatic heterocycles. The van der Waals surface area contributed by atoms with Crippen molar-refractivity contribution in [3.8, 4) is 5.75 Å². The fourth-order valence-corrected chi connectivity index (χ4v) is 1.72. The van der Waals surface area contributed by atoms with Crippen LogP contribution in [0.1, 0.15) is 26.2 Å². The van der Waals surface area contributed by atoms with Gasteiger partial charge in [0.25, 0.3) is 0 Å². The van der Waals surface area contributed by atoms with Crippen molar-refractivity contribution in [2.75, 3.05) is 13.2 Å². The molecule has 0 atom stereocenters. The van der Waals surface area contributed by atoms with Crippen molar-refractivity contribution < 1.29 is 9.53 Å². The number of nitrogens with one attached hydrogen (secondary N) is 1. The molecule has 0 fully saturated rings. The summed E-state index contributed by atoms with van der Waals surface area (Å²) in [7, 11) is 0. The van der Waals surface area contributed by atoms with Crippen LogP contribution < -0.4 is 10.1 Å². The second kappa shape index (κ2) is 8.12. The summed E-state index contributed by atoms with van der Waals surface area (Å²) in [5.74, 6) is 0.909. The van der Waals surface area contributed by atoms with E-state index < -0.39 is 0 Å². The molecular formula is C13H18BrNO2. The van der Waals surface area contributed by atoms with Crippen LogP contribution in [-0.2, 0) is 4.79 Å². The molecule has 0 radical (unpaired) electrons. The van der Waals surface area contributed by atoms with Crippen molar-refractivity contribution in [3.63, 3.8) is 0 Å².